The predicted octanol–water partition coefficient (Wildman–Crippen LogP) is 4.52. The third-order valence-electron chi connectivity index (χ3n) is 4.23. The molecular weight excluding hydrogens is 401 g/mol. The first-order chi connectivity index (χ1) is 12.4. The molecule has 1 heterocycles. The van der Waals surface area contributed by atoms with Gasteiger partial charge in [0.15, 0.2) is 0 Å². The van der Waals surface area contributed by atoms with Crippen LogP contribution in [0.5, 0.6) is 0 Å². The number of hydrogen-bond donors (Lipinski definition) is 0. The fourth-order valence-electron chi connectivity index (χ4n) is 2.81. The Morgan fingerprint density at radius 3 is 2.19 bits per heavy atom. The van der Waals surface area contributed by atoms with Gasteiger partial charge in [0.05, 0.1) is 25.6 Å². The maximum atomic E-state index is 12.7. The minimum Gasteiger partial charge on any atom is -0.368 e. The molecule has 0 N–H and O–H groups in total. The first-order valence-electron chi connectivity index (χ1n) is 7.80. The van der Waals surface area contributed by atoms with Crippen LogP contribution in [0.2, 0.25) is 15.1 Å². The Balaban J connectivity index is 1.71. The number of nitro benzene ring substituents is 1. The van der Waals surface area contributed by atoms with Crippen LogP contribution < -0.4 is 4.90 Å². The maximum absolute atomic E-state index is 12.7. The number of non-ortho nitro benzene ring substituents is 1. The number of piperazine rings is 1. The summed E-state index contributed by atoms with van der Waals surface area (Å²) >= 11 is 18.1. The number of hydrogen-bond acceptors (Lipinski definition) is 4. The molecule has 1 aliphatic rings. The van der Waals surface area contributed by atoms with E-state index in [1.165, 1.54) is 18.2 Å². The summed E-state index contributed by atoms with van der Waals surface area (Å²) in [6.45, 7) is 2.16. The molecule has 136 valence electrons. The van der Waals surface area contributed by atoms with Crippen molar-refractivity contribution in [1.82, 2.24) is 4.90 Å². The van der Waals surface area contributed by atoms with Gasteiger partial charge in [0.25, 0.3) is 11.6 Å². The maximum Gasteiger partial charge on any atom is 0.270 e. The number of halogens is 3. The van der Waals surface area contributed by atoms with Gasteiger partial charge in [-0.15, -0.1) is 0 Å². The molecule has 26 heavy (non-hydrogen) atoms. The van der Waals surface area contributed by atoms with Gasteiger partial charge in [-0.2, -0.15) is 0 Å². The van der Waals surface area contributed by atoms with Gasteiger partial charge in [0.2, 0.25) is 0 Å². The zero-order valence-corrected chi connectivity index (χ0v) is 15.8. The van der Waals surface area contributed by atoms with Crippen LogP contribution in [-0.2, 0) is 0 Å². The molecule has 1 aliphatic heterocycles. The lowest BCUT2D eigenvalue weighted by molar-refractivity contribution is -0.384. The molecule has 0 spiro atoms. The summed E-state index contributed by atoms with van der Waals surface area (Å²) in [7, 11) is 0. The van der Waals surface area contributed by atoms with E-state index in [1.807, 2.05) is 6.07 Å². The number of amides is 1. The zero-order valence-electron chi connectivity index (χ0n) is 13.5. The Kier molecular flexibility index (Phi) is 5.55. The van der Waals surface area contributed by atoms with Crippen molar-refractivity contribution in [2.24, 2.45) is 0 Å². The topological polar surface area (TPSA) is 66.7 Å². The second kappa shape index (κ2) is 7.70. The fraction of sp³-hybridized carbons (Fsp3) is 0.235. The van der Waals surface area contributed by atoms with E-state index in [9.17, 15) is 14.9 Å². The first kappa shape index (κ1) is 18.8. The number of carbonyl (C=O) groups excluding carboxylic acids is 1. The zero-order chi connectivity index (χ0) is 18.8. The molecular formula is C17H14Cl3N3O3. The van der Waals surface area contributed by atoms with Crippen LogP contribution in [0.1, 0.15) is 10.4 Å². The number of nitrogens with zero attached hydrogens (tertiary/aromatic N) is 3. The van der Waals surface area contributed by atoms with Crippen molar-refractivity contribution in [3.8, 4) is 0 Å². The number of benzene rings is 2. The predicted molar refractivity (Wildman–Crippen MR) is 103 cm³/mol. The minimum atomic E-state index is -0.546. The van der Waals surface area contributed by atoms with Crippen LogP contribution in [0.15, 0.2) is 36.4 Å². The van der Waals surface area contributed by atoms with Crippen molar-refractivity contribution in [2.75, 3.05) is 31.1 Å². The molecule has 0 aromatic heterocycles. The first-order valence-corrected chi connectivity index (χ1v) is 8.93. The summed E-state index contributed by atoms with van der Waals surface area (Å²) in [6, 6.07) is 9.28. The van der Waals surface area contributed by atoms with Gasteiger partial charge in [-0.25, -0.2) is 0 Å². The van der Waals surface area contributed by atoms with E-state index in [-0.39, 0.29) is 22.2 Å². The molecule has 0 bridgehead atoms. The van der Waals surface area contributed by atoms with Gasteiger partial charge in [0.1, 0.15) is 0 Å². The summed E-state index contributed by atoms with van der Waals surface area (Å²) in [5.74, 6) is -0.313. The molecule has 0 aliphatic carbocycles. The fourth-order valence-corrected chi connectivity index (χ4v) is 3.30. The van der Waals surface area contributed by atoms with Crippen molar-refractivity contribution >= 4 is 52.1 Å². The average Bonchev–Trinajstić information content (AvgIpc) is 2.64. The highest BCUT2D eigenvalue weighted by atomic mass is 35.5. The highest BCUT2D eigenvalue weighted by Crippen LogP contribution is 2.28. The van der Waals surface area contributed by atoms with Crippen LogP contribution in [0.25, 0.3) is 0 Å². The van der Waals surface area contributed by atoms with Crippen LogP contribution >= 0.6 is 34.8 Å². The van der Waals surface area contributed by atoms with E-state index >= 15 is 0 Å². The van der Waals surface area contributed by atoms with Crippen molar-refractivity contribution in [2.45, 2.75) is 0 Å². The van der Waals surface area contributed by atoms with Gasteiger partial charge in [-0.05, 0) is 24.3 Å². The Bertz CT molecular complexity index is 868. The minimum absolute atomic E-state index is 0.142. The molecule has 0 radical (unpaired) electrons. The van der Waals surface area contributed by atoms with Gasteiger partial charge >= 0.3 is 0 Å². The Morgan fingerprint density at radius 2 is 1.58 bits per heavy atom. The van der Waals surface area contributed by atoms with Crippen molar-refractivity contribution in [1.29, 1.82) is 0 Å². The second-order valence-corrected chi connectivity index (χ2v) is 7.02. The molecule has 0 saturated carbocycles. The van der Waals surface area contributed by atoms with Crippen molar-refractivity contribution < 1.29 is 9.72 Å². The SMILES string of the molecule is O=C(c1cc([N+](=O)[O-])ccc1Cl)N1CCN(c2ccc(Cl)c(Cl)c2)CC1. The summed E-state index contributed by atoms with van der Waals surface area (Å²) in [4.78, 5) is 26.8. The van der Waals surface area contributed by atoms with Gasteiger partial charge in [-0.3, -0.25) is 14.9 Å². The smallest absolute Gasteiger partial charge is 0.270 e. The second-order valence-electron chi connectivity index (χ2n) is 5.80. The van der Waals surface area contributed by atoms with Crippen LogP contribution in [0, 0.1) is 10.1 Å². The third kappa shape index (κ3) is 3.87. The summed E-state index contributed by atoms with van der Waals surface area (Å²) in [5, 5.41) is 12.1. The lowest BCUT2D eigenvalue weighted by Crippen LogP contribution is -2.48. The standard InChI is InChI=1S/C17H14Cl3N3O3/c18-14-3-2-12(23(25)26)9-13(14)17(24)22-7-5-21(6-8-22)11-1-4-15(19)16(20)10-11/h1-4,9-10H,5-8H2. The molecule has 2 aromatic carbocycles. The molecule has 0 unspecified atom stereocenters. The highest BCUT2D eigenvalue weighted by Gasteiger charge is 2.25. The lowest BCUT2D eigenvalue weighted by atomic mass is 10.1. The molecule has 6 nitrogen and oxygen atoms in total. The largest absolute Gasteiger partial charge is 0.368 e. The molecule has 3 rings (SSSR count). The third-order valence-corrected chi connectivity index (χ3v) is 5.30. The summed E-state index contributed by atoms with van der Waals surface area (Å²) in [6.07, 6.45) is 0. The van der Waals surface area contributed by atoms with E-state index in [1.54, 1.807) is 17.0 Å². The lowest BCUT2D eigenvalue weighted by Gasteiger charge is -2.36. The van der Waals surface area contributed by atoms with E-state index in [0.29, 0.717) is 36.2 Å². The Hall–Kier alpha value is -2.02. The van der Waals surface area contributed by atoms with Crippen LogP contribution in [0.4, 0.5) is 11.4 Å². The van der Waals surface area contributed by atoms with E-state index in [4.69, 9.17) is 34.8 Å². The molecule has 0 atom stereocenters. The number of nitro groups is 1. The van der Waals surface area contributed by atoms with Crippen molar-refractivity contribution in [3.63, 3.8) is 0 Å². The average molecular weight is 415 g/mol. The quantitative estimate of drug-likeness (QED) is 0.547. The van der Waals surface area contributed by atoms with Crippen LogP contribution in [0.3, 0.4) is 0 Å². The van der Waals surface area contributed by atoms with Crippen LogP contribution in [-0.4, -0.2) is 41.9 Å². The Labute approximate surface area is 165 Å². The summed E-state index contributed by atoms with van der Waals surface area (Å²) < 4.78 is 0. The summed E-state index contributed by atoms with van der Waals surface area (Å²) in [5.41, 5.74) is 0.913. The van der Waals surface area contributed by atoms with Gasteiger partial charge in [0, 0.05) is 44.0 Å². The molecule has 1 saturated heterocycles. The molecule has 1 fully saturated rings. The van der Waals surface area contributed by atoms with Gasteiger partial charge < -0.3 is 9.80 Å². The van der Waals surface area contributed by atoms with E-state index in [0.717, 1.165) is 5.69 Å². The molecule has 9 heteroatoms. The molecule has 1 amide bonds. The highest BCUT2D eigenvalue weighted by molar-refractivity contribution is 6.42. The monoisotopic (exact) mass is 413 g/mol. The number of anilines is 1. The normalized spacial score (nSPS) is 14.4. The number of carbonyl (C=O) groups is 1. The molecule has 2 aromatic rings. The van der Waals surface area contributed by atoms with E-state index < -0.39 is 4.92 Å². The van der Waals surface area contributed by atoms with Gasteiger partial charge in [-0.1, -0.05) is 34.8 Å². The van der Waals surface area contributed by atoms with E-state index in [2.05, 4.69) is 4.90 Å². The number of rotatable bonds is 3. The Morgan fingerprint density at radius 1 is 0.923 bits per heavy atom. The van der Waals surface area contributed by atoms with Crippen molar-refractivity contribution in [3.05, 3.63) is 67.1 Å².